The summed E-state index contributed by atoms with van der Waals surface area (Å²) < 4.78 is 0. The van der Waals surface area contributed by atoms with E-state index in [-0.39, 0.29) is 0 Å². The summed E-state index contributed by atoms with van der Waals surface area (Å²) >= 11 is 0. The van der Waals surface area contributed by atoms with Gasteiger partial charge in [-0.2, -0.15) is 0 Å². The maximum atomic E-state index is 3.38. The molecule has 1 fully saturated rings. The van der Waals surface area contributed by atoms with E-state index in [4.69, 9.17) is 0 Å². The Balaban J connectivity index is 2.07. The smallest absolute Gasteiger partial charge is 0.0449 e. The van der Waals surface area contributed by atoms with Gasteiger partial charge >= 0.3 is 0 Å². The van der Waals surface area contributed by atoms with Gasteiger partial charge in [0.05, 0.1) is 0 Å². The molecule has 1 aliphatic heterocycles. The van der Waals surface area contributed by atoms with Crippen molar-refractivity contribution in [3.05, 3.63) is 42.0 Å². The highest BCUT2D eigenvalue weighted by atomic mass is 15.2. The van der Waals surface area contributed by atoms with Crippen LogP contribution >= 0.6 is 0 Å². The van der Waals surface area contributed by atoms with Crippen molar-refractivity contribution in [1.82, 2.24) is 5.32 Å². The van der Waals surface area contributed by atoms with Crippen molar-refractivity contribution < 1.29 is 0 Å². The van der Waals surface area contributed by atoms with E-state index in [9.17, 15) is 0 Å². The second-order valence-electron chi connectivity index (χ2n) is 5.17. The molecule has 1 saturated heterocycles. The zero-order valence-corrected chi connectivity index (χ0v) is 11.1. The molecular weight excluding hydrogens is 220 g/mol. The normalized spacial score (nSPS) is 19.7. The molecule has 1 N–H and O–H groups in total. The maximum absolute atomic E-state index is 3.38. The molecule has 0 spiro atoms. The summed E-state index contributed by atoms with van der Waals surface area (Å²) in [6.07, 6.45) is 1.23. The number of rotatable bonds is 2. The predicted molar refractivity (Wildman–Crippen MR) is 78.4 cm³/mol. The summed E-state index contributed by atoms with van der Waals surface area (Å²) in [4.78, 5) is 2.51. The molecule has 0 bridgehead atoms. The van der Waals surface area contributed by atoms with Gasteiger partial charge in [-0.15, -0.1) is 0 Å². The van der Waals surface area contributed by atoms with E-state index in [0.29, 0.717) is 6.04 Å². The molecule has 2 aromatic carbocycles. The molecule has 1 aliphatic rings. The molecule has 0 saturated carbocycles. The van der Waals surface area contributed by atoms with Gasteiger partial charge in [0, 0.05) is 30.2 Å². The Morgan fingerprint density at radius 1 is 1.17 bits per heavy atom. The number of aryl methyl sites for hydroxylation is 1. The molecule has 0 radical (unpaired) electrons. The Labute approximate surface area is 109 Å². The lowest BCUT2D eigenvalue weighted by molar-refractivity contribution is 0.617. The van der Waals surface area contributed by atoms with Crippen LogP contribution in [0.4, 0.5) is 5.69 Å². The third-order valence-electron chi connectivity index (χ3n) is 4.03. The van der Waals surface area contributed by atoms with Crippen LogP contribution in [0.5, 0.6) is 0 Å². The van der Waals surface area contributed by atoms with Crippen LogP contribution < -0.4 is 10.2 Å². The Hall–Kier alpha value is -1.54. The second-order valence-corrected chi connectivity index (χ2v) is 5.17. The average Bonchev–Trinajstić information content (AvgIpc) is 2.87. The molecule has 3 rings (SSSR count). The highest BCUT2D eigenvalue weighted by molar-refractivity contribution is 5.97. The molecule has 2 nitrogen and oxygen atoms in total. The first kappa shape index (κ1) is 11.5. The molecule has 1 atom stereocenters. The zero-order chi connectivity index (χ0) is 12.5. The van der Waals surface area contributed by atoms with Gasteiger partial charge in [0.2, 0.25) is 0 Å². The van der Waals surface area contributed by atoms with Crippen LogP contribution in [-0.2, 0) is 0 Å². The number of nitrogens with zero attached hydrogens (tertiary/aromatic N) is 1. The molecule has 2 aromatic rings. The topological polar surface area (TPSA) is 15.3 Å². The summed E-state index contributed by atoms with van der Waals surface area (Å²) in [5.41, 5.74) is 2.76. The molecule has 2 heteroatoms. The van der Waals surface area contributed by atoms with E-state index in [1.807, 2.05) is 0 Å². The van der Waals surface area contributed by atoms with E-state index >= 15 is 0 Å². The lowest BCUT2D eigenvalue weighted by atomic mass is 10.0. The third-order valence-corrected chi connectivity index (χ3v) is 4.03. The molecule has 94 valence electrons. The Bertz CT molecular complexity index is 557. The predicted octanol–water partition coefficient (Wildman–Crippen LogP) is 2.95. The zero-order valence-electron chi connectivity index (χ0n) is 11.1. The van der Waals surface area contributed by atoms with Crippen molar-refractivity contribution in [2.75, 3.05) is 25.0 Å². The lowest BCUT2D eigenvalue weighted by Gasteiger charge is -2.21. The Morgan fingerprint density at radius 2 is 1.94 bits per heavy atom. The molecule has 1 heterocycles. The fourth-order valence-electron chi connectivity index (χ4n) is 2.98. The first-order valence-electron chi connectivity index (χ1n) is 6.70. The van der Waals surface area contributed by atoms with Gasteiger partial charge in [0.15, 0.2) is 0 Å². The van der Waals surface area contributed by atoms with Crippen LogP contribution in [0.25, 0.3) is 10.8 Å². The highest BCUT2D eigenvalue weighted by Crippen LogP contribution is 2.31. The van der Waals surface area contributed by atoms with Crippen molar-refractivity contribution in [3.63, 3.8) is 0 Å². The van der Waals surface area contributed by atoms with Gasteiger partial charge in [-0.3, -0.25) is 0 Å². The Kier molecular flexibility index (Phi) is 2.96. The van der Waals surface area contributed by atoms with Crippen molar-refractivity contribution in [2.45, 2.75) is 19.4 Å². The minimum absolute atomic E-state index is 0.629. The second kappa shape index (κ2) is 4.62. The van der Waals surface area contributed by atoms with Gasteiger partial charge in [0.1, 0.15) is 0 Å². The minimum Gasteiger partial charge on any atom is -0.369 e. The molecule has 0 unspecified atom stereocenters. The van der Waals surface area contributed by atoms with Crippen LogP contribution in [0.1, 0.15) is 12.0 Å². The van der Waals surface area contributed by atoms with Gasteiger partial charge in [-0.05, 0) is 37.4 Å². The van der Waals surface area contributed by atoms with E-state index in [1.54, 1.807) is 0 Å². The average molecular weight is 240 g/mol. The van der Waals surface area contributed by atoms with Crippen LogP contribution in [0.3, 0.4) is 0 Å². The van der Waals surface area contributed by atoms with E-state index in [2.05, 4.69) is 60.6 Å². The number of likely N-dealkylation sites (N-methyl/N-ethyl adjacent to an activating group) is 1. The van der Waals surface area contributed by atoms with Crippen molar-refractivity contribution >= 4 is 16.5 Å². The lowest BCUT2D eigenvalue weighted by Crippen LogP contribution is -2.29. The van der Waals surface area contributed by atoms with Crippen LogP contribution in [-0.4, -0.2) is 26.2 Å². The number of hydrogen-bond acceptors (Lipinski definition) is 2. The molecular formula is C16H20N2. The van der Waals surface area contributed by atoms with Crippen LogP contribution in [0.15, 0.2) is 36.4 Å². The van der Waals surface area contributed by atoms with Crippen LogP contribution in [0, 0.1) is 6.92 Å². The molecule has 18 heavy (non-hydrogen) atoms. The van der Waals surface area contributed by atoms with Gasteiger partial charge in [-0.1, -0.05) is 30.3 Å². The van der Waals surface area contributed by atoms with Gasteiger partial charge in [0.25, 0.3) is 0 Å². The van der Waals surface area contributed by atoms with Crippen molar-refractivity contribution in [2.24, 2.45) is 0 Å². The SMILES string of the molecule is CN[C@H]1CCN(c2cccc3cccc(C)c23)C1. The molecule has 0 aromatic heterocycles. The fraction of sp³-hybridized carbons (Fsp3) is 0.375. The van der Waals surface area contributed by atoms with E-state index in [0.717, 1.165) is 13.1 Å². The largest absolute Gasteiger partial charge is 0.369 e. The van der Waals surface area contributed by atoms with Gasteiger partial charge in [-0.25, -0.2) is 0 Å². The van der Waals surface area contributed by atoms with E-state index < -0.39 is 0 Å². The summed E-state index contributed by atoms with van der Waals surface area (Å²) in [7, 11) is 2.06. The maximum Gasteiger partial charge on any atom is 0.0449 e. The first-order chi connectivity index (χ1) is 8.79. The summed E-state index contributed by atoms with van der Waals surface area (Å²) in [5, 5.41) is 6.15. The number of anilines is 1. The molecule has 0 aliphatic carbocycles. The van der Waals surface area contributed by atoms with Gasteiger partial charge < -0.3 is 10.2 Å². The molecule has 0 amide bonds. The minimum atomic E-state index is 0.629. The third kappa shape index (κ3) is 1.87. The standard InChI is InChI=1S/C16H20N2/c1-12-5-3-6-13-7-4-8-15(16(12)13)18-10-9-14(11-18)17-2/h3-8,14,17H,9-11H2,1-2H3/t14-/m0/s1. The van der Waals surface area contributed by atoms with E-state index in [1.165, 1.54) is 28.4 Å². The fourth-order valence-corrected chi connectivity index (χ4v) is 2.98. The number of hydrogen-bond donors (Lipinski definition) is 1. The summed E-state index contributed by atoms with van der Waals surface area (Å²) in [6, 6.07) is 13.8. The highest BCUT2D eigenvalue weighted by Gasteiger charge is 2.22. The van der Waals surface area contributed by atoms with Crippen molar-refractivity contribution in [1.29, 1.82) is 0 Å². The van der Waals surface area contributed by atoms with Crippen LogP contribution in [0.2, 0.25) is 0 Å². The summed E-state index contributed by atoms with van der Waals surface area (Å²) in [6.45, 7) is 4.47. The monoisotopic (exact) mass is 240 g/mol. The Morgan fingerprint density at radius 3 is 2.67 bits per heavy atom. The number of fused-ring (bicyclic) bond motifs is 1. The first-order valence-corrected chi connectivity index (χ1v) is 6.70. The summed E-state index contributed by atoms with van der Waals surface area (Å²) in [5.74, 6) is 0. The quantitative estimate of drug-likeness (QED) is 0.868. The number of benzene rings is 2. The van der Waals surface area contributed by atoms with Crippen molar-refractivity contribution in [3.8, 4) is 0 Å². The number of nitrogens with one attached hydrogen (secondary N) is 1.